The van der Waals surface area contributed by atoms with Crippen LogP contribution in [0.2, 0.25) is 0 Å². The summed E-state index contributed by atoms with van der Waals surface area (Å²) in [6.45, 7) is 4.69. The van der Waals surface area contributed by atoms with Crippen molar-refractivity contribution in [2.24, 2.45) is 7.05 Å². The van der Waals surface area contributed by atoms with Gasteiger partial charge in [0.1, 0.15) is 5.56 Å². The third-order valence-electron chi connectivity index (χ3n) is 5.36. The molecule has 1 aromatic rings. The van der Waals surface area contributed by atoms with Crippen molar-refractivity contribution in [3.8, 4) is 0 Å². The highest BCUT2D eigenvalue weighted by Gasteiger charge is 2.32. The van der Waals surface area contributed by atoms with Crippen molar-refractivity contribution in [2.75, 3.05) is 19.8 Å². The van der Waals surface area contributed by atoms with Gasteiger partial charge in [-0.15, -0.1) is 0 Å². The number of pyridine rings is 1. The van der Waals surface area contributed by atoms with Gasteiger partial charge in [0.05, 0.1) is 19.3 Å². The molecule has 0 spiro atoms. The first-order valence-electron chi connectivity index (χ1n) is 9.38. The highest BCUT2D eigenvalue weighted by atomic mass is 16.5. The number of amides is 2. The normalized spacial score (nSPS) is 20.1. The third kappa shape index (κ3) is 4.13. The molecule has 146 valence electrons. The van der Waals surface area contributed by atoms with Crippen molar-refractivity contribution in [2.45, 2.75) is 45.2 Å². The number of nitrogens with one attached hydrogen (secondary N) is 1. The number of rotatable bonds is 4. The van der Waals surface area contributed by atoms with Crippen molar-refractivity contribution in [3.63, 3.8) is 0 Å². The maximum absolute atomic E-state index is 13.2. The summed E-state index contributed by atoms with van der Waals surface area (Å²) in [6, 6.07) is 1.60. The van der Waals surface area contributed by atoms with E-state index in [0.29, 0.717) is 25.3 Å². The molecule has 1 fully saturated rings. The number of hydrogen-bond acceptors (Lipinski definition) is 4. The number of carbonyl (C=O) groups is 2. The van der Waals surface area contributed by atoms with Crippen LogP contribution in [0.4, 0.5) is 0 Å². The quantitative estimate of drug-likeness (QED) is 0.801. The second-order valence-corrected chi connectivity index (χ2v) is 7.35. The highest BCUT2D eigenvalue weighted by Crippen LogP contribution is 2.17. The standard InChI is InChI=1S/C20H27N3O4/c1-13-10-14(2)22(3)19(25)18(13)20(26)23-8-9-27-12-16(23)11-17(24)21-15-6-4-5-7-15/h4-5,10,15-16H,6-9,11-12H2,1-3H3,(H,21,24). The smallest absolute Gasteiger partial charge is 0.263 e. The molecule has 1 aliphatic heterocycles. The van der Waals surface area contributed by atoms with Crippen LogP contribution in [0.3, 0.4) is 0 Å². The van der Waals surface area contributed by atoms with E-state index in [0.717, 1.165) is 18.5 Å². The van der Waals surface area contributed by atoms with Crippen LogP contribution in [0.5, 0.6) is 0 Å². The van der Waals surface area contributed by atoms with Crippen molar-refractivity contribution in [3.05, 3.63) is 45.4 Å². The van der Waals surface area contributed by atoms with E-state index in [4.69, 9.17) is 4.74 Å². The molecule has 1 unspecified atom stereocenters. The largest absolute Gasteiger partial charge is 0.377 e. The average Bonchev–Trinajstić information content (AvgIpc) is 3.13. The van der Waals surface area contributed by atoms with E-state index in [2.05, 4.69) is 17.5 Å². The number of hydrogen-bond donors (Lipinski definition) is 1. The molecular formula is C20H27N3O4. The maximum atomic E-state index is 13.2. The Balaban J connectivity index is 1.77. The van der Waals surface area contributed by atoms with Gasteiger partial charge >= 0.3 is 0 Å². The molecule has 0 bridgehead atoms. The Morgan fingerprint density at radius 3 is 2.67 bits per heavy atom. The topological polar surface area (TPSA) is 80.6 Å². The van der Waals surface area contributed by atoms with Crippen molar-refractivity contribution in [1.29, 1.82) is 0 Å². The van der Waals surface area contributed by atoms with Crippen LogP contribution in [0.1, 0.15) is 40.9 Å². The van der Waals surface area contributed by atoms with Crippen LogP contribution in [-0.4, -0.2) is 53.1 Å². The number of carbonyl (C=O) groups excluding carboxylic acids is 2. The van der Waals surface area contributed by atoms with Crippen molar-refractivity contribution >= 4 is 11.8 Å². The summed E-state index contributed by atoms with van der Waals surface area (Å²) in [4.78, 5) is 39.8. The number of ether oxygens (including phenoxy) is 1. The zero-order chi connectivity index (χ0) is 19.6. The van der Waals surface area contributed by atoms with Crippen molar-refractivity contribution < 1.29 is 14.3 Å². The van der Waals surface area contributed by atoms with Gasteiger partial charge in [-0.25, -0.2) is 0 Å². The summed E-state index contributed by atoms with van der Waals surface area (Å²) >= 11 is 0. The minimum absolute atomic E-state index is 0.0921. The fraction of sp³-hybridized carbons (Fsp3) is 0.550. The first-order valence-corrected chi connectivity index (χ1v) is 9.38. The molecule has 1 atom stereocenters. The molecule has 2 amide bonds. The molecule has 0 radical (unpaired) electrons. The lowest BCUT2D eigenvalue weighted by molar-refractivity contribution is -0.124. The van der Waals surface area contributed by atoms with E-state index >= 15 is 0 Å². The highest BCUT2D eigenvalue weighted by molar-refractivity contribution is 5.96. The van der Waals surface area contributed by atoms with E-state index in [1.807, 2.05) is 13.0 Å². The number of morpholine rings is 1. The minimum atomic E-state index is -0.369. The summed E-state index contributed by atoms with van der Waals surface area (Å²) in [5.74, 6) is -0.415. The number of aromatic nitrogens is 1. The Morgan fingerprint density at radius 2 is 1.96 bits per heavy atom. The van der Waals surface area contributed by atoms with Crippen molar-refractivity contribution in [1.82, 2.24) is 14.8 Å². The molecule has 2 aliphatic rings. The van der Waals surface area contributed by atoms with Crippen LogP contribution in [-0.2, 0) is 16.6 Å². The maximum Gasteiger partial charge on any atom is 0.263 e. The van der Waals surface area contributed by atoms with Gasteiger partial charge in [0.15, 0.2) is 0 Å². The van der Waals surface area contributed by atoms with Gasteiger partial charge in [0, 0.05) is 31.7 Å². The van der Waals surface area contributed by atoms with E-state index in [9.17, 15) is 14.4 Å². The minimum Gasteiger partial charge on any atom is -0.377 e. The van der Waals surface area contributed by atoms with Gasteiger partial charge in [0.2, 0.25) is 5.91 Å². The van der Waals surface area contributed by atoms with E-state index in [1.165, 1.54) is 4.57 Å². The fourth-order valence-corrected chi connectivity index (χ4v) is 3.71. The first-order chi connectivity index (χ1) is 12.9. The number of aryl methyl sites for hydroxylation is 2. The van der Waals surface area contributed by atoms with E-state index in [1.54, 1.807) is 18.9 Å². The number of nitrogens with zero attached hydrogens (tertiary/aromatic N) is 2. The van der Waals surface area contributed by atoms with Crippen LogP contribution in [0.25, 0.3) is 0 Å². The van der Waals surface area contributed by atoms with Gasteiger partial charge in [-0.1, -0.05) is 12.2 Å². The summed E-state index contributed by atoms with van der Waals surface area (Å²) in [6.07, 6.45) is 5.97. The van der Waals surface area contributed by atoms with Gasteiger partial charge in [-0.3, -0.25) is 14.4 Å². The molecule has 1 N–H and O–H groups in total. The second-order valence-electron chi connectivity index (χ2n) is 7.35. The lowest BCUT2D eigenvalue weighted by Gasteiger charge is -2.35. The Hall–Kier alpha value is -2.41. The summed E-state index contributed by atoms with van der Waals surface area (Å²) in [7, 11) is 1.66. The average molecular weight is 373 g/mol. The predicted octanol–water partition coefficient (Wildman–Crippen LogP) is 1.07. The molecule has 1 aliphatic carbocycles. The van der Waals surface area contributed by atoms with Gasteiger partial charge in [-0.05, 0) is 38.3 Å². The molecule has 1 aromatic heterocycles. The molecule has 3 rings (SSSR count). The summed E-state index contributed by atoms with van der Waals surface area (Å²) in [5, 5.41) is 3.00. The fourth-order valence-electron chi connectivity index (χ4n) is 3.71. The SMILES string of the molecule is Cc1cc(C)n(C)c(=O)c1C(=O)N1CCOCC1CC(=O)NC1CC=CC1. The Kier molecular flexibility index (Phi) is 5.79. The van der Waals surface area contributed by atoms with Crippen LogP contribution in [0, 0.1) is 13.8 Å². The molecule has 1 saturated heterocycles. The monoisotopic (exact) mass is 373 g/mol. The molecule has 7 heteroatoms. The van der Waals surface area contributed by atoms with Gasteiger partial charge in [-0.2, -0.15) is 0 Å². The summed E-state index contributed by atoms with van der Waals surface area (Å²) < 4.78 is 6.98. The molecule has 7 nitrogen and oxygen atoms in total. The molecule has 2 heterocycles. The van der Waals surface area contributed by atoms with Crippen LogP contribution >= 0.6 is 0 Å². The van der Waals surface area contributed by atoms with E-state index < -0.39 is 0 Å². The third-order valence-corrected chi connectivity index (χ3v) is 5.36. The predicted molar refractivity (Wildman–Crippen MR) is 102 cm³/mol. The molecule has 27 heavy (non-hydrogen) atoms. The van der Waals surface area contributed by atoms with Crippen LogP contribution < -0.4 is 10.9 Å². The lowest BCUT2D eigenvalue weighted by Crippen LogP contribution is -2.52. The molecule has 0 saturated carbocycles. The lowest BCUT2D eigenvalue weighted by atomic mass is 10.0. The second kappa shape index (κ2) is 8.08. The Labute approximate surface area is 159 Å². The van der Waals surface area contributed by atoms with Crippen LogP contribution in [0.15, 0.2) is 23.0 Å². The molecule has 0 aromatic carbocycles. The zero-order valence-corrected chi connectivity index (χ0v) is 16.2. The molecular weight excluding hydrogens is 346 g/mol. The van der Waals surface area contributed by atoms with E-state index in [-0.39, 0.29) is 41.4 Å². The summed E-state index contributed by atoms with van der Waals surface area (Å²) in [5.41, 5.74) is 1.34. The van der Waals surface area contributed by atoms with Gasteiger partial charge in [0.25, 0.3) is 11.5 Å². The first kappa shape index (κ1) is 19.4. The van der Waals surface area contributed by atoms with Gasteiger partial charge < -0.3 is 19.5 Å². The zero-order valence-electron chi connectivity index (χ0n) is 16.2. The Morgan fingerprint density at radius 1 is 1.26 bits per heavy atom. The Bertz CT molecular complexity index is 819.